The summed E-state index contributed by atoms with van der Waals surface area (Å²) in [4.78, 5) is 0. The minimum Gasteiger partial charge on any atom is -0.313 e. The Bertz CT molecular complexity index is 351. The molecule has 0 atom stereocenters. The fourth-order valence-corrected chi connectivity index (χ4v) is 4.15. The van der Waals surface area contributed by atoms with Crippen molar-refractivity contribution in [3.63, 3.8) is 0 Å². The van der Waals surface area contributed by atoms with Crippen molar-refractivity contribution < 1.29 is 8.42 Å². The first-order valence-corrected chi connectivity index (χ1v) is 8.85. The number of hydrogen-bond acceptors (Lipinski definition) is 3. The molecule has 0 aromatic heterocycles. The van der Waals surface area contributed by atoms with E-state index in [-0.39, 0.29) is 5.75 Å². The van der Waals surface area contributed by atoms with Crippen LogP contribution in [0.2, 0.25) is 0 Å². The van der Waals surface area contributed by atoms with Gasteiger partial charge in [-0.2, -0.15) is 0 Å². The van der Waals surface area contributed by atoms with Crippen LogP contribution < -0.4 is 10.0 Å². The lowest BCUT2D eigenvalue weighted by atomic mass is 9.71. The lowest BCUT2D eigenvalue weighted by Gasteiger charge is -2.37. The Balaban J connectivity index is 1.68. The summed E-state index contributed by atoms with van der Waals surface area (Å²) in [6, 6.07) is 0.531. The number of rotatable bonds is 5. The van der Waals surface area contributed by atoms with Crippen LogP contribution in [0.4, 0.5) is 0 Å². The van der Waals surface area contributed by atoms with Gasteiger partial charge in [0.1, 0.15) is 0 Å². The van der Waals surface area contributed by atoms with E-state index in [1.807, 2.05) is 0 Å². The highest BCUT2D eigenvalue weighted by Gasteiger charge is 2.37. The molecule has 0 heterocycles. The van der Waals surface area contributed by atoms with Crippen LogP contribution in [-0.4, -0.2) is 33.8 Å². The van der Waals surface area contributed by atoms with E-state index in [0.717, 1.165) is 0 Å². The SMILES string of the molecule is CNS(=O)(=O)CCNC1CCC2(CCCC2)CC1. The predicted octanol–water partition coefficient (Wildman–Crippen LogP) is 1.63. The van der Waals surface area contributed by atoms with Gasteiger partial charge in [0.25, 0.3) is 0 Å². The standard InChI is InChI=1S/C13H26N2O2S/c1-14-18(16,17)11-10-15-12-4-8-13(9-5-12)6-2-3-7-13/h12,14-15H,2-11H2,1H3. The lowest BCUT2D eigenvalue weighted by molar-refractivity contribution is 0.169. The van der Waals surface area contributed by atoms with E-state index in [1.165, 1.54) is 58.4 Å². The van der Waals surface area contributed by atoms with Crippen LogP contribution >= 0.6 is 0 Å². The molecule has 0 amide bonds. The zero-order valence-electron chi connectivity index (χ0n) is 11.4. The molecule has 0 bridgehead atoms. The van der Waals surface area contributed by atoms with Crippen LogP contribution in [0.15, 0.2) is 0 Å². The van der Waals surface area contributed by atoms with Crippen molar-refractivity contribution in [2.75, 3.05) is 19.3 Å². The van der Waals surface area contributed by atoms with Crippen molar-refractivity contribution >= 4 is 10.0 Å². The molecule has 2 aliphatic carbocycles. The second-order valence-corrected chi connectivity index (χ2v) is 8.00. The summed E-state index contributed by atoms with van der Waals surface area (Å²) in [6.45, 7) is 0.570. The molecular formula is C13H26N2O2S. The molecule has 4 nitrogen and oxygen atoms in total. The molecule has 0 aliphatic heterocycles. The van der Waals surface area contributed by atoms with Gasteiger partial charge >= 0.3 is 0 Å². The van der Waals surface area contributed by atoms with Crippen molar-refractivity contribution in [3.05, 3.63) is 0 Å². The third-order valence-corrected chi connectivity index (χ3v) is 6.19. The molecule has 2 fully saturated rings. The highest BCUT2D eigenvalue weighted by atomic mass is 32.2. The third-order valence-electron chi connectivity index (χ3n) is 4.83. The van der Waals surface area contributed by atoms with E-state index in [4.69, 9.17) is 0 Å². The van der Waals surface area contributed by atoms with Gasteiger partial charge in [0.2, 0.25) is 10.0 Å². The Labute approximate surface area is 111 Å². The molecule has 5 heteroatoms. The van der Waals surface area contributed by atoms with Gasteiger partial charge in [-0.3, -0.25) is 0 Å². The Kier molecular flexibility index (Phi) is 4.67. The van der Waals surface area contributed by atoms with Crippen LogP contribution in [0.5, 0.6) is 0 Å². The van der Waals surface area contributed by atoms with Gasteiger partial charge in [-0.05, 0) is 51.0 Å². The second kappa shape index (κ2) is 5.88. The number of nitrogens with one attached hydrogen (secondary N) is 2. The summed E-state index contributed by atoms with van der Waals surface area (Å²) >= 11 is 0. The number of sulfonamides is 1. The van der Waals surface area contributed by atoms with E-state index in [9.17, 15) is 8.42 Å². The summed E-state index contributed by atoms with van der Waals surface area (Å²) in [6.07, 6.45) is 10.8. The average molecular weight is 274 g/mol. The molecule has 0 unspecified atom stereocenters. The molecule has 1 spiro atoms. The maximum absolute atomic E-state index is 11.3. The maximum atomic E-state index is 11.3. The normalized spacial score (nSPS) is 24.7. The van der Waals surface area contributed by atoms with Crippen LogP contribution in [0.1, 0.15) is 51.4 Å². The van der Waals surface area contributed by atoms with Crippen molar-refractivity contribution in [2.24, 2.45) is 5.41 Å². The van der Waals surface area contributed by atoms with E-state index >= 15 is 0 Å². The topological polar surface area (TPSA) is 58.2 Å². The summed E-state index contributed by atoms with van der Waals surface area (Å²) in [7, 11) is -1.58. The van der Waals surface area contributed by atoms with Crippen LogP contribution in [0.25, 0.3) is 0 Å². The lowest BCUT2D eigenvalue weighted by Crippen LogP contribution is -2.39. The first-order chi connectivity index (χ1) is 8.55. The van der Waals surface area contributed by atoms with Gasteiger partial charge in [-0.25, -0.2) is 13.1 Å². The Morgan fingerprint density at radius 1 is 1.11 bits per heavy atom. The Morgan fingerprint density at radius 3 is 2.28 bits per heavy atom. The van der Waals surface area contributed by atoms with Gasteiger partial charge < -0.3 is 5.32 Å². The van der Waals surface area contributed by atoms with Gasteiger partial charge in [0, 0.05) is 12.6 Å². The smallest absolute Gasteiger partial charge is 0.212 e. The van der Waals surface area contributed by atoms with Gasteiger partial charge in [-0.1, -0.05) is 12.8 Å². The fraction of sp³-hybridized carbons (Fsp3) is 1.00. The minimum absolute atomic E-state index is 0.186. The van der Waals surface area contributed by atoms with Crippen molar-refractivity contribution in [1.82, 2.24) is 10.0 Å². The molecule has 18 heavy (non-hydrogen) atoms. The third kappa shape index (κ3) is 3.68. The zero-order chi connectivity index (χ0) is 13.1. The quantitative estimate of drug-likeness (QED) is 0.801. The summed E-state index contributed by atoms with van der Waals surface area (Å²) in [5.74, 6) is 0.186. The first-order valence-electron chi connectivity index (χ1n) is 7.20. The Morgan fingerprint density at radius 2 is 1.72 bits per heavy atom. The molecule has 2 saturated carbocycles. The average Bonchev–Trinajstić information content (AvgIpc) is 2.81. The minimum atomic E-state index is -3.05. The van der Waals surface area contributed by atoms with Crippen molar-refractivity contribution in [1.29, 1.82) is 0 Å². The highest BCUT2D eigenvalue weighted by Crippen LogP contribution is 2.48. The summed E-state index contributed by atoms with van der Waals surface area (Å²) in [5.41, 5.74) is 0.662. The van der Waals surface area contributed by atoms with Gasteiger partial charge in [-0.15, -0.1) is 0 Å². The van der Waals surface area contributed by atoms with E-state index in [2.05, 4.69) is 10.0 Å². The van der Waals surface area contributed by atoms with Crippen LogP contribution in [0, 0.1) is 5.41 Å². The Hall–Kier alpha value is -0.130. The fourth-order valence-electron chi connectivity index (χ4n) is 3.56. The molecule has 0 aromatic carbocycles. The van der Waals surface area contributed by atoms with Crippen LogP contribution in [-0.2, 0) is 10.0 Å². The van der Waals surface area contributed by atoms with E-state index in [0.29, 0.717) is 18.0 Å². The predicted molar refractivity (Wildman–Crippen MR) is 74.0 cm³/mol. The monoisotopic (exact) mass is 274 g/mol. The molecule has 106 valence electrons. The van der Waals surface area contributed by atoms with Crippen LogP contribution in [0.3, 0.4) is 0 Å². The largest absolute Gasteiger partial charge is 0.313 e. The summed E-state index contributed by atoms with van der Waals surface area (Å²) < 4.78 is 24.9. The summed E-state index contributed by atoms with van der Waals surface area (Å²) in [5, 5.41) is 3.40. The van der Waals surface area contributed by atoms with Crippen molar-refractivity contribution in [2.45, 2.75) is 57.4 Å². The van der Waals surface area contributed by atoms with Gasteiger partial charge in [0.05, 0.1) is 5.75 Å². The second-order valence-electron chi connectivity index (χ2n) is 5.96. The molecule has 0 aromatic rings. The molecule has 0 saturated heterocycles. The first kappa shape index (κ1) is 14.3. The van der Waals surface area contributed by atoms with E-state index in [1.54, 1.807) is 0 Å². The van der Waals surface area contributed by atoms with Crippen molar-refractivity contribution in [3.8, 4) is 0 Å². The number of hydrogen-bond donors (Lipinski definition) is 2. The molecule has 2 aliphatic rings. The maximum Gasteiger partial charge on any atom is 0.212 e. The van der Waals surface area contributed by atoms with E-state index < -0.39 is 10.0 Å². The molecule has 0 radical (unpaired) electrons. The molecule has 2 N–H and O–H groups in total. The molecular weight excluding hydrogens is 248 g/mol. The molecule has 2 rings (SSSR count). The zero-order valence-corrected chi connectivity index (χ0v) is 12.2. The van der Waals surface area contributed by atoms with Gasteiger partial charge in [0.15, 0.2) is 0 Å². The highest BCUT2D eigenvalue weighted by molar-refractivity contribution is 7.89.